The molecule has 0 radical (unpaired) electrons. The predicted octanol–water partition coefficient (Wildman–Crippen LogP) is 2.47. The number of carboxylic acid groups (broad SMARTS) is 1. The number of H-pyrrole nitrogens is 2. The van der Waals surface area contributed by atoms with Crippen LogP contribution in [0.3, 0.4) is 0 Å². The van der Waals surface area contributed by atoms with Gasteiger partial charge in [-0.2, -0.15) is 0 Å². The van der Waals surface area contributed by atoms with E-state index in [-0.39, 0.29) is 74.5 Å². The Labute approximate surface area is 762 Å². The Bertz CT molecular complexity index is 5360. The maximum atomic E-state index is 15.5. The number of aliphatic carboxylic acids is 1. The smallest absolute Gasteiger partial charge is 0.305 e. The Balaban J connectivity index is 1.11. The van der Waals surface area contributed by atoms with Gasteiger partial charge in [-0.15, -0.1) is 11.8 Å². The molecule has 15 amide bonds. The number of nitrogens with zero attached hydrogens (tertiary/aromatic N) is 4. The zero-order valence-electron chi connectivity index (χ0n) is 74.6. The number of unbranched alkanes of at least 4 members (excludes halogenated alkanes) is 1. The fourth-order valence-corrected chi connectivity index (χ4v) is 16.2. The average molecular weight is 1820 g/mol. The van der Waals surface area contributed by atoms with Gasteiger partial charge in [-0.1, -0.05) is 163 Å². The Morgan fingerprint density at radius 1 is 0.458 bits per heavy atom. The molecule has 698 valence electrons. The second kappa shape index (κ2) is 48.3. The minimum Gasteiger partial charge on any atom is -0.508 e. The average Bonchev–Trinajstić information content (AvgIpc) is 1.48. The monoisotopic (exact) mass is 1820 g/mol. The Kier molecular flexibility index (Phi) is 37.1. The number of fused-ring (bicyclic) bond motifs is 2. The molecule has 0 aliphatic carbocycles. The topological polar surface area (TPSA) is 525 Å². The lowest BCUT2D eigenvalue weighted by Crippen LogP contribution is -2.61. The largest absolute Gasteiger partial charge is 0.508 e. The summed E-state index contributed by atoms with van der Waals surface area (Å²) in [5.41, 5.74) is 9.73. The number of primary amides is 1. The molecule has 0 saturated carbocycles. The van der Waals surface area contributed by atoms with Crippen molar-refractivity contribution >= 4 is 128 Å². The van der Waals surface area contributed by atoms with Gasteiger partial charge in [-0.05, 0) is 101 Å². The number of aromatic nitrogens is 2. The van der Waals surface area contributed by atoms with Crippen LogP contribution in [0.15, 0.2) is 170 Å². The van der Waals surface area contributed by atoms with Crippen LogP contribution in [0.4, 0.5) is 0 Å². The van der Waals surface area contributed by atoms with Crippen LogP contribution in [-0.4, -0.2) is 265 Å². The first-order chi connectivity index (χ1) is 62.4. The molecule has 37 heteroatoms. The van der Waals surface area contributed by atoms with Crippen LogP contribution in [0.5, 0.6) is 11.5 Å². The van der Waals surface area contributed by atoms with E-state index in [4.69, 9.17) is 5.73 Å². The summed E-state index contributed by atoms with van der Waals surface area (Å²) in [4.78, 5) is 246. The summed E-state index contributed by atoms with van der Waals surface area (Å²) in [6.45, 7) is 6.12. The molecule has 1 saturated heterocycles. The molecule has 0 spiro atoms. The SMILES string of the molecule is CCCC[C@H]1C(=O)N(C)CC(=O)N[C@@H](CC(=O)O)C(=O)N[C@@H](C(C)C)C(=O)N[C@@H](Cc2cccc3[nH]ccc23)C(=O)N[C@@H](Cc2ccc(O)cc2)C(=O)N(C)CC(=O)N[C@@H](Cc2c[nH]c3ccccc23)C(=O)N[C@@H](Cc2ccc(O)cc2)C(=O)N[C@@H](CC(C)C)C(=O)N[C@H](C(=O)NCC(N)=O)CSCC(=O)N[C@@H](Cc2ccccc2)C(=O)N(C)[C@@H](Cc2ccccc2)C(=O)N1C. The first kappa shape index (κ1) is 101. The summed E-state index contributed by atoms with van der Waals surface area (Å²) in [6, 6.07) is 25.5. The highest BCUT2D eigenvalue weighted by Crippen LogP contribution is 2.25. The number of amides is 15. The number of thioether (sulfide) groups is 1. The number of carboxylic acids is 1. The maximum absolute atomic E-state index is 15.5. The van der Waals surface area contributed by atoms with Crippen molar-refractivity contribution in [2.45, 2.75) is 172 Å². The molecule has 131 heavy (non-hydrogen) atoms. The van der Waals surface area contributed by atoms with E-state index in [0.29, 0.717) is 68.0 Å². The molecule has 1 aliphatic rings. The summed E-state index contributed by atoms with van der Waals surface area (Å²) < 4.78 is 0. The van der Waals surface area contributed by atoms with Crippen molar-refractivity contribution < 1.29 is 92.0 Å². The van der Waals surface area contributed by atoms with Crippen molar-refractivity contribution in [3.05, 3.63) is 203 Å². The molecular weight excluding hydrogens is 1700 g/mol. The normalized spacial score (nSPS) is 21.7. The van der Waals surface area contributed by atoms with E-state index < -0.39 is 199 Å². The number of hydrogen-bond donors (Lipinski definition) is 16. The van der Waals surface area contributed by atoms with Gasteiger partial charge in [0.15, 0.2) is 0 Å². The second-order valence-electron chi connectivity index (χ2n) is 33.5. The van der Waals surface area contributed by atoms with E-state index in [9.17, 15) is 53.7 Å². The van der Waals surface area contributed by atoms with Crippen molar-refractivity contribution in [1.82, 2.24) is 82.7 Å². The molecule has 8 aromatic rings. The first-order valence-corrected chi connectivity index (χ1v) is 44.4. The van der Waals surface area contributed by atoms with Gasteiger partial charge in [0.2, 0.25) is 88.6 Å². The number of aromatic hydroxyl groups is 2. The van der Waals surface area contributed by atoms with E-state index in [2.05, 4.69) is 63.1 Å². The molecule has 1 fully saturated rings. The van der Waals surface area contributed by atoms with Crippen molar-refractivity contribution in [3.63, 3.8) is 0 Å². The lowest BCUT2D eigenvalue weighted by molar-refractivity contribution is -0.151. The zero-order chi connectivity index (χ0) is 95.3. The van der Waals surface area contributed by atoms with Crippen LogP contribution in [-0.2, 0) is 115 Å². The van der Waals surface area contributed by atoms with E-state index in [1.165, 1.54) is 86.5 Å². The number of hydrogen-bond acceptors (Lipinski definition) is 19. The van der Waals surface area contributed by atoms with Gasteiger partial charge in [-0.25, -0.2) is 0 Å². The van der Waals surface area contributed by atoms with Crippen LogP contribution < -0.4 is 58.9 Å². The van der Waals surface area contributed by atoms with Gasteiger partial charge >= 0.3 is 5.97 Å². The predicted molar refractivity (Wildman–Crippen MR) is 489 cm³/mol. The fourth-order valence-electron chi connectivity index (χ4n) is 15.4. The minimum atomic E-state index is -1.92. The van der Waals surface area contributed by atoms with E-state index >= 15 is 38.4 Å². The number of phenols is 2. The number of carbonyl (C=O) groups is 16. The number of likely N-dealkylation sites (N-methyl/N-ethyl adjacent to an activating group) is 4. The molecule has 6 aromatic carbocycles. The van der Waals surface area contributed by atoms with Gasteiger partial charge < -0.3 is 104 Å². The molecule has 1 aliphatic heterocycles. The summed E-state index contributed by atoms with van der Waals surface area (Å²) in [6.07, 6.45) is 1.64. The lowest BCUT2D eigenvalue weighted by atomic mass is 9.98. The Morgan fingerprint density at radius 3 is 1.51 bits per heavy atom. The molecule has 0 unspecified atom stereocenters. The van der Waals surface area contributed by atoms with E-state index in [1.54, 1.807) is 149 Å². The van der Waals surface area contributed by atoms with E-state index in [1.807, 2.05) is 6.92 Å². The third-order valence-corrected chi connectivity index (χ3v) is 23.5. The number of rotatable bonds is 23. The van der Waals surface area contributed by atoms with Crippen LogP contribution in [0.25, 0.3) is 21.8 Å². The Morgan fingerprint density at radius 2 is 0.924 bits per heavy atom. The lowest BCUT2D eigenvalue weighted by Gasteiger charge is -2.37. The molecule has 9 rings (SSSR count). The third kappa shape index (κ3) is 29.7. The van der Waals surface area contributed by atoms with Crippen LogP contribution in [0.2, 0.25) is 0 Å². The molecule has 11 atom stereocenters. The molecule has 2 aromatic heterocycles. The van der Waals surface area contributed by atoms with Crippen LogP contribution in [0.1, 0.15) is 100 Å². The number of nitrogens with one attached hydrogen (secondary N) is 12. The number of para-hydroxylation sites is 1. The van der Waals surface area contributed by atoms with Crippen molar-refractivity contribution in [1.29, 1.82) is 0 Å². The molecule has 17 N–H and O–H groups in total. The van der Waals surface area contributed by atoms with Gasteiger partial charge in [0, 0.05) is 107 Å². The summed E-state index contributed by atoms with van der Waals surface area (Å²) in [5, 5.41) is 59.0. The minimum absolute atomic E-state index is 0.0260. The molecular formula is C94H117N17O19S. The molecule has 36 nitrogen and oxygen atoms in total. The number of carbonyl (C=O) groups excluding carboxylic acids is 15. The quantitative estimate of drug-likeness (QED) is 0.0437. The van der Waals surface area contributed by atoms with E-state index in [0.717, 1.165) is 21.6 Å². The highest BCUT2D eigenvalue weighted by molar-refractivity contribution is 8.00. The summed E-state index contributed by atoms with van der Waals surface area (Å²) >= 11 is 0.828. The maximum Gasteiger partial charge on any atom is 0.305 e. The fraction of sp³-hybridized carbons (Fsp3) is 0.404. The van der Waals surface area contributed by atoms with Crippen molar-refractivity contribution in [2.24, 2.45) is 17.6 Å². The van der Waals surface area contributed by atoms with Crippen molar-refractivity contribution in [3.8, 4) is 11.5 Å². The summed E-state index contributed by atoms with van der Waals surface area (Å²) in [7, 11) is 5.24. The van der Waals surface area contributed by atoms with Gasteiger partial charge in [0.05, 0.1) is 31.8 Å². The first-order valence-electron chi connectivity index (χ1n) is 43.3. The number of benzene rings is 6. The van der Waals surface area contributed by atoms with Crippen molar-refractivity contribution in [2.75, 3.05) is 59.3 Å². The van der Waals surface area contributed by atoms with Gasteiger partial charge in [0.25, 0.3) is 0 Å². The number of aromatic amines is 2. The van der Waals surface area contributed by atoms with Gasteiger partial charge in [-0.3, -0.25) is 76.7 Å². The number of phenolic OH excluding ortho intramolecular Hbond substituents is 2. The molecule has 3 heterocycles. The highest BCUT2D eigenvalue weighted by atomic mass is 32.2. The highest BCUT2D eigenvalue weighted by Gasteiger charge is 2.42. The number of nitrogens with two attached hydrogens (primary N) is 1. The standard InChI is InChI=1S/C94H117N17O19S/c1-10-11-29-76-93(129)109(7)51-80(116)100-72(47-82(118)119)89(125)107-83(55(4)5)90(126)104-71(45-60-25-20-28-66-65(60)38-39-96-66)88(124)105-73(43-59-32-36-63(113)37-33-59)91(127)108(6)50-79(115)99-70(46-61-48-97-67-27-19-18-26-64(61)67)87(123)103-69(41-58-30-34-62(112)35-31-58)86(122)102-68(40-54(2)3)85(121)106-75(84(120)98-49-78(95)114)52-131-53-81(117)101-74(42-56-21-14-12-15-22-56)92(128)111(9)77(94(130)110(76)8)44-57-23-16-13-17-24-57/h12-28,30-39,48,54-55,68-77,83,96-97,112-113H,10-11,29,40-47,49-53H2,1-9H3,(H2,95,114)(H,98,120)(H,99,115)(H,100,116)(H,101,117)(H,102,122)(H,103,123)(H,104,126)(H,105,124)(H,106,121)(H,107,125)(H,118,119)/t68-,69-,70-,71-,72-,73-,74-,75-,76-,77-,83-/m0/s1. The Hall–Kier alpha value is -14.1. The van der Waals surface area contributed by atoms with Gasteiger partial charge in [0.1, 0.15) is 78.0 Å². The summed E-state index contributed by atoms with van der Waals surface area (Å²) in [5.74, 6) is -17.7. The zero-order valence-corrected chi connectivity index (χ0v) is 75.4. The third-order valence-electron chi connectivity index (χ3n) is 22.4. The van der Waals surface area contributed by atoms with Crippen LogP contribution in [0, 0.1) is 11.8 Å². The van der Waals surface area contributed by atoms with Crippen LogP contribution >= 0.6 is 11.8 Å². The second-order valence-corrected chi connectivity index (χ2v) is 34.6. The molecule has 0 bridgehead atoms.